The summed E-state index contributed by atoms with van der Waals surface area (Å²) in [6.45, 7) is 3.77. The van der Waals surface area contributed by atoms with Gasteiger partial charge in [-0.25, -0.2) is 0 Å². The Kier molecular flexibility index (Phi) is 4.18. The van der Waals surface area contributed by atoms with Crippen LogP contribution in [0.2, 0.25) is 0 Å². The summed E-state index contributed by atoms with van der Waals surface area (Å²) in [4.78, 5) is 15.5. The van der Waals surface area contributed by atoms with Gasteiger partial charge in [-0.3, -0.25) is 4.79 Å². The molecule has 1 aliphatic heterocycles. The standard InChI is InChI=1S/C13H20N2OS/c1-10(12-6-4-8-17-12)13(16)15-7-3-5-11(9-15)14-2/h4,6,8,10-11,14H,3,5,7,9H2,1-2H3. The zero-order valence-corrected chi connectivity index (χ0v) is 11.3. The highest BCUT2D eigenvalue weighted by Gasteiger charge is 2.27. The van der Waals surface area contributed by atoms with Gasteiger partial charge in [0.1, 0.15) is 0 Å². The summed E-state index contributed by atoms with van der Waals surface area (Å²) in [5, 5.41) is 5.30. The van der Waals surface area contributed by atoms with Gasteiger partial charge in [0.05, 0.1) is 5.92 Å². The summed E-state index contributed by atoms with van der Waals surface area (Å²) < 4.78 is 0. The van der Waals surface area contributed by atoms with Crippen molar-refractivity contribution in [1.29, 1.82) is 0 Å². The molecule has 0 radical (unpaired) electrons. The molecular weight excluding hydrogens is 232 g/mol. The molecule has 17 heavy (non-hydrogen) atoms. The molecule has 0 aromatic carbocycles. The predicted molar refractivity (Wildman–Crippen MR) is 71.4 cm³/mol. The first-order chi connectivity index (χ1) is 8.22. The average Bonchev–Trinajstić information content (AvgIpc) is 2.91. The van der Waals surface area contributed by atoms with Crippen molar-refractivity contribution >= 4 is 17.2 Å². The number of hydrogen-bond donors (Lipinski definition) is 1. The zero-order chi connectivity index (χ0) is 12.3. The van der Waals surface area contributed by atoms with Crippen LogP contribution in [0.15, 0.2) is 17.5 Å². The van der Waals surface area contributed by atoms with E-state index in [0.717, 1.165) is 19.5 Å². The Hall–Kier alpha value is -0.870. The summed E-state index contributed by atoms with van der Waals surface area (Å²) in [6.07, 6.45) is 2.28. The van der Waals surface area contributed by atoms with Crippen LogP contribution in [-0.2, 0) is 4.79 Å². The van der Waals surface area contributed by atoms with Crippen LogP contribution in [-0.4, -0.2) is 37.0 Å². The molecule has 94 valence electrons. The number of hydrogen-bond acceptors (Lipinski definition) is 3. The van der Waals surface area contributed by atoms with Crippen molar-refractivity contribution < 1.29 is 4.79 Å². The van der Waals surface area contributed by atoms with Gasteiger partial charge < -0.3 is 10.2 Å². The Morgan fingerprint density at radius 3 is 3.12 bits per heavy atom. The number of piperidine rings is 1. The fourth-order valence-electron chi connectivity index (χ4n) is 2.35. The van der Waals surface area contributed by atoms with Gasteiger partial charge in [-0.2, -0.15) is 0 Å². The minimum absolute atomic E-state index is 0.00519. The molecule has 2 unspecified atom stereocenters. The molecule has 1 saturated heterocycles. The third-order valence-corrected chi connectivity index (χ3v) is 4.54. The van der Waals surface area contributed by atoms with Gasteiger partial charge in [-0.15, -0.1) is 11.3 Å². The molecule has 1 aromatic heterocycles. The lowest BCUT2D eigenvalue weighted by molar-refractivity contribution is -0.133. The second-order valence-corrected chi connectivity index (χ2v) is 5.63. The maximum absolute atomic E-state index is 12.4. The molecule has 1 fully saturated rings. The topological polar surface area (TPSA) is 32.3 Å². The van der Waals surface area contributed by atoms with Gasteiger partial charge in [0, 0.05) is 24.0 Å². The van der Waals surface area contributed by atoms with Gasteiger partial charge in [-0.1, -0.05) is 6.07 Å². The summed E-state index contributed by atoms with van der Waals surface area (Å²) in [5.74, 6) is 0.276. The normalized spacial score (nSPS) is 22.5. The van der Waals surface area contributed by atoms with Gasteiger partial charge in [0.2, 0.25) is 5.91 Å². The third-order valence-electron chi connectivity index (χ3n) is 3.48. The number of nitrogens with zero attached hydrogens (tertiary/aromatic N) is 1. The SMILES string of the molecule is CNC1CCCN(C(=O)C(C)c2cccs2)C1. The van der Waals surface area contributed by atoms with Crippen LogP contribution in [0, 0.1) is 0 Å². The number of carbonyl (C=O) groups is 1. The lowest BCUT2D eigenvalue weighted by Gasteiger charge is -2.34. The third kappa shape index (κ3) is 2.87. The Bertz CT molecular complexity index is 364. The van der Waals surface area contributed by atoms with E-state index >= 15 is 0 Å². The van der Waals surface area contributed by atoms with Crippen LogP contribution in [0.1, 0.15) is 30.6 Å². The Morgan fingerprint density at radius 1 is 1.65 bits per heavy atom. The first kappa shape index (κ1) is 12.6. The number of amides is 1. The maximum atomic E-state index is 12.4. The van der Waals surface area contributed by atoms with Gasteiger partial charge >= 0.3 is 0 Å². The van der Waals surface area contributed by atoms with Crippen LogP contribution in [0.5, 0.6) is 0 Å². The molecule has 2 atom stereocenters. The fourth-order valence-corrected chi connectivity index (χ4v) is 3.12. The van der Waals surface area contributed by atoms with E-state index in [-0.39, 0.29) is 11.8 Å². The van der Waals surface area contributed by atoms with E-state index in [1.807, 2.05) is 36.4 Å². The molecule has 2 heterocycles. The highest BCUT2D eigenvalue weighted by molar-refractivity contribution is 7.10. The molecule has 3 nitrogen and oxygen atoms in total. The minimum Gasteiger partial charge on any atom is -0.341 e. The minimum atomic E-state index is 0.00519. The van der Waals surface area contributed by atoms with E-state index in [9.17, 15) is 4.79 Å². The lowest BCUT2D eigenvalue weighted by atomic mass is 10.0. The van der Waals surface area contributed by atoms with Crippen molar-refractivity contribution in [1.82, 2.24) is 10.2 Å². The number of likely N-dealkylation sites (N-methyl/N-ethyl adjacent to an activating group) is 1. The number of likely N-dealkylation sites (tertiary alicyclic amines) is 1. The first-order valence-electron chi connectivity index (χ1n) is 6.22. The highest BCUT2D eigenvalue weighted by Crippen LogP contribution is 2.24. The largest absolute Gasteiger partial charge is 0.341 e. The molecule has 0 bridgehead atoms. The van der Waals surface area contributed by atoms with Crippen molar-refractivity contribution in [2.75, 3.05) is 20.1 Å². The Morgan fingerprint density at radius 2 is 2.47 bits per heavy atom. The van der Waals surface area contributed by atoms with E-state index in [2.05, 4.69) is 5.32 Å². The van der Waals surface area contributed by atoms with E-state index in [1.165, 1.54) is 11.3 Å². The highest BCUT2D eigenvalue weighted by atomic mass is 32.1. The Balaban J connectivity index is 1.99. The fraction of sp³-hybridized carbons (Fsp3) is 0.615. The van der Waals surface area contributed by atoms with Crippen molar-refractivity contribution in [3.8, 4) is 0 Å². The summed E-state index contributed by atoms with van der Waals surface area (Å²) in [6, 6.07) is 4.52. The maximum Gasteiger partial charge on any atom is 0.230 e. The molecule has 1 aliphatic rings. The molecule has 1 aromatic rings. The molecule has 1 N–H and O–H groups in total. The summed E-state index contributed by atoms with van der Waals surface area (Å²) in [5.41, 5.74) is 0. The molecule has 2 rings (SSSR count). The zero-order valence-electron chi connectivity index (χ0n) is 10.5. The predicted octanol–water partition coefficient (Wildman–Crippen LogP) is 2.06. The molecule has 0 saturated carbocycles. The van der Waals surface area contributed by atoms with Crippen LogP contribution in [0.3, 0.4) is 0 Å². The molecule has 0 spiro atoms. The van der Waals surface area contributed by atoms with Crippen LogP contribution in [0.25, 0.3) is 0 Å². The van der Waals surface area contributed by atoms with Gasteiger partial charge in [-0.05, 0) is 38.3 Å². The van der Waals surface area contributed by atoms with Crippen LogP contribution < -0.4 is 5.32 Å². The number of carbonyl (C=O) groups excluding carboxylic acids is 1. The number of nitrogens with one attached hydrogen (secondary N) is 1. The first-order valence-corrected chi connectivity index (χ1v) is 7.09. The van der Waals surface area contributed by atoms with Crippen LogP contribution in [0.4, 0.5) is 0 Å². The summed E-state index contributed by atoms with van der Waals surface area (Å²) in [7, 11) is 1.97. The second-order valence-electron chi connectivity index (χ2n) is 4.65. The second kappa shape index (κ2) is 5.65. The molecular formula is C13H20N2OS. The van der Waals surface area contributed by atoms with Crippen LogP contribution >= 0.6 is 11.3 Å². The summed E-state index contributed by atoms with van der Waals surface area (Å²) >= 11 is 1.67. The van der Waals surface area contributed by atoms with E-state index in [1.54, 1.807) is 11.3 Å². The van der Waals surface area contributed by atoms with E-state index in [4.69, 9.17) is 0 Å². The average molecular weight is 252 g/mol. The quantitative estimate of drug-likeness (QED) is 0.893. The van der Waals surface area contributed by atoms with Crippen molar-refractivity contribution in [3.63, 3.8) is 0 Å². The number of thiophene rings is 1. The van der Waals surface area contributed by atoms with Gasteiger partial charge in [0.25, 0.3) is 0 Å². The number of rotatable bonds is 3. The molecule has 4 heteroatoms. The van der Waals surface area contributed by atoms with Gasteiger partial charge in [0.15, 0.2) is 0 Å². The van der Waals surface area contributed by atoms with Crippen molar-refractivity contribution in [2.45, 2.75) is 31.7 Å². The van der Waals surface area contributed by atoms with E-state index in [0.29, 0.717) is 6.04 Å². The van der Waals surface area contributed by atoms with Crippen molar-refractivity contribution in [2.24, 2.45) is 0 Å². The lowest BCUT2D eigenvalue weighted by Crippen LogP contribution is -2.48. The molecule has 0 aliphatic carbocycles. The Labute approximate surface area is 107 Å². The smallest absolute Gasteiger partial charge is 0.230 e. The molecule has 1 amide bonds. The van der Waals surface area contributed by atoms with Crippen molar-refractivity contribution in [3.05, 3.63) is 22.4 Å². The van der Waals surface area contributed by atoms with E-state index < -0.39 is 0 Å². The monoisotopic (exact) mass is 252 g/mol.